The molecule has 0 radical (unpaired) electrons. The Morgan fingerprint density at radius 3 is 3.12 bits per heavy atom. The van der Waals surface area contributed by atoms with Gasteiger partial charge in [-0.05, 0) is 24.5 Å². The van der Waals surface area contributed by atoms with E-state index in [1.165, 1.54) is 25.0 Å². The van der Waals surface area contributed by atoms with Crippen LogP contribution in [0.5, 0.6) is 0 Å². The monoisotopic (exact) mass is 261 g/mol. The highest BCUT2D eigenvalue weighted by atomic mass is 32.2. The quantitative estimate of drug-likeness (QED) is 0.587. The number of methoxy groups -OCH3 is 1. The van der Waals surface area contributed by atoms with Crippen molar-refractivity contribution in [3.8, 4) is 0 Å². The van der Waals surface area contributed by atoms with Crippen LogP contribution in [-0.4, -0.2) is 40.8 Å². The lowest BCUT2D eigenvalue weighted by Gasteiger charge is -2.14. The van der Waals surface area contributed by atoms with Gasteiger partial charge in [-0.2, -0.15) is 4.37 Å². The molecule has 0 aliphatic carbocycles. The standard InChI is InChI=1S/C9H15N3O2S2/c1-3-10-7(8(13)14-2)4-5-15-9-11-6-12-16-9/h6-7,10H,3-5H2,1-2H3. The number of aromatic nitrogens is 2. The SMILES string of the molecule is CCNC(CCSc1ncns1)C(=O)OC. The first-order valence-electron chi connectivity index (χ1n) is 4.98. The zero-order valence-electron chi connectivity index (χ0n) is 9.30. The van der Waals surface area contributed by atoms with E-state index in [2.05, 4.69) is 14.7 Å². The van der Waals surface area contributed by atoms with Gasteiger partial charge >= 0.3 is 5.97 Å². The average Bonchev–Trinajstić information content (AvgIpc) is 2.80. The largest absolute Gasteiger partial charge is 0.468 e. The third-order valence-electron chi connectivity index (χ3n) is 1.91. The summed E-state index contributed by atoms with van der Waals surface area (Å²) in [5, 5.41) is 3.09. The fourth-order valence-corrected chi connectivity index (χ4v) is 2.70. The van der Waals surface area contributed by atoms with Gasteiger partial charge in [0.05, 0.1) is 7.11 Å². The minimum atomic E-state index is -0.226. The highest BCUT2D eigenvalue weighted by Crippen LogP contribution is 2.19. The number of rotatable bonds is 7. The normalized spacial score (nSPS) is 12.4. The number of hydrogen-bond acceptors (Lipinski definition) is 7. The summed E-state index contributed by atoms with van der Waals surface area (Å²) in [7, 11) is 1.41. The van der Waals surface area contributed by atoms with Crippen molar-refractivity contribution < 1.29 is 9.53 Å². The van der Waals surface area contributed by atoms with Crippen molar-refractivity contribution in [3.05, 3.63) is 6.33 Å². The van der Waals surface area contributed by atoms with Crippen molar-refractivity contribution in [1.82, 2.24) is 14.7 Å². The Bertz CT molecular complexity index is 306. The molecule has 16 heavy (non-hydrogen) atoms. The van der Waals surface area contributed by atoms with Gasteiger partial charge in [0, 0.05) is 5.75 Å². The third-order valence-corrected chi connectivity index (χ3v) is 3.74. The van der Waals surface area contributed by atoms with E-state index in [9.17, 15) is 4.79 Å². The molecule has 0 aliphatic rings. The van der Waals surface area contributed by atoms with Crippen molar-refractivity contribution in [2.75, 3.05) is 19.4 Å². The van der Waals surface area contributed by atoms with Crippen LogP contribution in [0.3, 0.4) is 0 Å². The second-order valence-electron chi connectivity index (χ2n) is 2.98. The third kappa shape index (κ3) is 4.46. The lowest BCUT2D eigenvalue weighted by atomic mass is 10.2. The number of carbonyl (C=O) groups is 1. The molecule has 0 fully saturated rings. The molecule has 1 rings (SSSR count). The van der Waals surface area contributed by atoms with Gasteiger partial charge in [0.1, 0.15) is 12.4 Å². The van der Waals surface area contributed by atoms with Crippen molar-refractivity contribution >= 4 is 29.3 Å². The molecule has 7 heteroatoms. The van der Waals surface area contributed by atoms with E-state index in [0.29, 0.717) is 0 Å². The Hall–Kier alpha value is -0.660. The molecule has 0 amide bonds. The smallest absolute Gasteiger partial charge is 0.322 e. The predicted octanol–water partition coefficient (Wildman–Crippen LogP) is 1.17. The average molecular weight is 261 g/mol. The maximum Gasteiger partial charge on any atom is 0.322 e. The molecule has 1 unspecified atom stereocenters. The summed E-state index contributed by atoms with van der Waals surface area (Å²) in [5.74, 6) is 0.613. The molecule has 0 aromatic carbocycles. The molecular formula is C9H15N3O2S2. The van der Waals surface area contributed by atoms with Crippen molar-refractivity contribution in [1.29, 1.82) is 0 Å². The Balaban J connectivity index is 2.29. The first-order chi connectivity index (χ1) is 7.77. The maximum absolute atomic E-state index is 11.4. The van der Waals surface area contributed by atoms with Gasteiger partial charge in [0.15, 0.2) is 4.34 Å². The fraction of sp³-hybridized carbons (Fsp3) is 0.667. The number of thioether (sulfide) groups is 1. The van der Waals surface area contributed by atoms with E-state index in [1.54, 1.807) is 11.8 Å². The number of hydrogen-bond donors (Lipinski definition) is 1. The fourth-order valence-electron chi connectivity index (χ4n) is 1.18. The topological polar surface area (TPSA) is 64.1 Å². The number of esters is 1. The first-order valence-corrected chi connectivity index (χ1v) is 6.74. The Morgan fingerprint density at radius 2 is 2.56 bits per heavy atom. The van der Waals surface area contributed by atoms with Crippen LogP contribution in [0.1, 0.15) is 13.3 Å². The van der Waals surface area contributed by atoms with Gasteiger partial charge in [0.2, 0.25) is 0 Å². The van der Waals surface area contributed by atoms with E-state index in [1.807, 2.05) is 6.92 Å². The van der Waals surface area contributed by atoms with Crippen LogP contribution in [0.2, 0.25) is 0 Å². The minimum absolute atomic E-state index is 0.209. The van der Waals surface area contributed by atoms with Crippen molar-refractivity contribution in [3.63, 3.8) is 0 Å². The molecule has 0 bridgehead atoms. The summed E-state index contributed by atoms with van der Waals surface area (Å²) in [4.78, 5) is 15.4. The lowest BCUT2D eigenvalue weighted by molar-refractivity contribution is -0.143. The second-order valence-corrected chi connectivity index (χ2v) is 5.10. The van der Waals surface area contributed by atoms with Crippen LogP contribution in [0, 0.1) is 0 Å². The van der Waals surface area contributed by atoms with E-state index in [0.717, 1.165) is 23.1 Å². The molecule has 0 saturated carbocycles. The van der Waals surface area contributed by atoms with E-state index in [-0.39, 0.29) is 12.0 Å². The van der Waals surface area contributed by atoms with Crippen LogP contribution in [-0.2, 0) is 9.53 Å². The van der Waals surface area contributed by atoms with Crippen LogP contribution in [0.25, 0.3) is 0 Å². The summed E-state index contributed by atoms with van der Waals surface area (Å²) >= 11 is 2.97. The summed E-state index contributed by atoms with van der Waals surface area (Å²) in [5.41, 5.74) is 0. The van der Waals surface area contributed by atoms with Crippen molar-refractivity contribution in [2.24, 2.45) is 0 Å². The number of carbonyl (C=O) groups excluding carboxylic acids is 1. The highest BCUT2D eigenvalue weighted by molar-refractivity contribution is 8.00. The van der Waals surface area contributed by atoms with Gasteiger partial charge < -0.3 is 10.1 Å². The second kappa shape index (κ2) is 7.59. The van der Waals surface area contributed by atoms with Gasteiger partial charge in [-0.25, -0.2) is 4.98 Å². The molecule has 1 N–H and O–H groups in total. The van der Waals surface area contributed by atoms with Crippen LogP contribution >= 0.6 is 23.3 Å². The molecule has 1 aromatic rings. The van der Waals surface area contributed by atoms with Gasteiger partial charge in [0.25, 0.3) is 0 Å². The van der Waals surface area contributed by atoms with Crippen LogP contribution < -0.4 is 5.32 Å². The minimum Gasteiger partial charge on any atom is -0.468 e. The Morgan fingerprint density at radius 1 is 1.75 bits per heavy atom. The summed E-state index contributed by atoms with van der Waals surface area (Å²) in [6.07, 6.45) is 2.26. The Kier molecular flexibility index (Phi) is 6.36. The number of likely N-dealkylation sites (N-methyl/N-ethyl adjacent to an activating group) is 1. The molecule has 0 saturated heterocycles. The lowest BCUT2D eigenvalue weighted by Crippen LogP contribution is -2.37. The zero-order chi connectivity index (χ0) is 11.8. The zero-order valence-corrected chi connectivity index (χ0v) is 10.9. The van der Waals surface area contributed by atoms with E-state index in [4.69, 9.17) is 4.74 Å². The predicted molar refractivity (Wildman–Crippen MR) is 64.7 cm³/mol. The summed E-state index contributed by atoms with van der Waals surface area (Å²) in [6, 6.07) is -0.226. The number of nitrogens with zero attached hydrogens (tertiary/aromatic N) is 2. The molecule has 0 spiro atoms. The maximum atomic E-state index is 11.4. The number of nitrogens with one attached hydrogen (secondary N) is 1. The molecule has 0 aliphatic heterocycles. The molecule has 1 heterocycles. The summed E-state index contributed by atoms with van der Waals surface area (Å²) < 4.78 is 9.56. The molecule has 90 valence electrons. The van der Waals surface area contributed by atoms with Gasteiger partial charge in [-0.3, -0.25) is 4.79 Å². The molecule has 1 atom stereocenters. The summed E-state index contributed by atoms with van der Waals surface area (Å²) in [6.45, 7) is 2.72. The Labute approximate surface area is 103 Å². The molecule has 1 aromatic heterocycles. The van der Waals surface area contributed by atoms with Gasteiger partial charge in [-0.15, -0.1) is 0 Å². The molecular weight excluding hydrogens is 246 g/mol. The van der Waals surface area contributed by atoms with Crippen molar-refractivity contribution in [2.45, 2.75) is 23.7 Å². The number of ether oxygens (including phenoxy) is 1. The van der Waals surface area contributed by atoms with E-state index >= 15 is 0 Å². The molecule has 5 nitrogen and oxygen atoms in total. The first kappa shape index (κ1) is 13.4. The van der Waals surface area contributed by atoms with Crippen LogP contribution in [0.4, 0.5) is 0 Å². The highest BCUT2D eigenvalue weighted by Gasteiger charge is 2.17. The van der Waals surface area contributed by atoms with E-state index < -0.39 is 0 Å². The van der Waals surface area contributed by atoms with Gasteiger partial charge in [-0.1, -0.05) is 18.7 Å². The van der Waals surface area contributed by atoms with Crippen LogP contribution in [0.15, 0.2) is 10.7 Å².